The molecule has 0 aliphatic heterocycles. The largest absolute Gasteiger partial charge is 0.371 e. The Balaban J connectivity index is 2.82. The van der Waals surface area contributed by atoms with E-state index in [1.165, 1.54) is 6.42 Å². The van der Waals surface area contributed by atoms with Crippen molar-refractivity contribution in [1.29, 1.82) is 0 Å². The summed E-state index contributed by atoms with van der Waals surface area (Å²) in [6.07, 6.45) is 3.90. The van der Waals surface area contributed by atoms with E-state index in [0.29, 0.717) is 5.92 Å². The van der Waals surface area contributed by atoms with Crippen LogP contribution in [0.25, 0.3) is 0 Å². The van der Waals surface area contributed by atoms with Crippen LogP contribution in [0.15, 0.2) is 0 Å². The Morgan fingerprint density at radius 1 is 1.38 bits per heavy atom. The molecule has 0 spiro atoms. The van der Waals surface area contributed by atoms with Crippen LogP contribution in [0.2, 0.25) is 0 Å². The van der Waals surface area contributed by atoms with E-state index in [0.717, 1.165) is 19.1 Å². The van der Waals surface area contributed by atoms with E-state index in [4.69, 9.17) is 4.74 Å². The first-order valence-electron chi connectivity index (χ1n) is 4.94. The third-order valence-corrected chi connectivity index (χ3v) is 2.99. The van der Waals surface area contributed by atoms with Crippen molar-refractivity contribution in [3.8, 4) is 0 Å². The van der Waals surface area contributed by atoms with Crippen molar-refractivity contribution in [2.24, 2.45) is 11.3 Å². The van der Waals surface area contributed by atoms with Crippen LogP contribution in [0.3, 0.4) is 0 Å². The van der Waals surface area contributed by atoms with Gasteiger partial charge in [-0.25, -0.2) is 0 Å². The number of methoxy groups -OCH3 is 1. The molecule has 1 fully saturated rings. The molecule has 0 N–H and O–H groups in total. The molecule has 2 heteroatoms. The second kappa shape index (κ2) is 3.41. The van der Waals surface area contributed by atoms with Crippen molar-refractivity contribution >= 4 is 6.29 Å². The average molecular weight is 184 g/mol. The molecule has 1 rings (SSSR count). The molecule has 0 aromatic rings. The van der Waals surface area contributed by atoms with Gasteiger partial charge in [-0.1, -0.05) is 20.8 Å². The van der Waals surface area contributed by atoms with E-state index in [9.17, 15) is 4.79 Å². The van der Waals surface area contributed by atoms with Gasteiger partial charge in [0.1, 0.15) is 5.60 Å². The maximum Gasteiger partial charge on any atom is 0.151 e. The summed E-state index contributed by atoms with van der Waals surface area (Å²) in [5.41, 5.74) is -0.282. The lowest BCUT2D eigenvalue weighted by Crippen LogP contribution is -2.44. The molecule has 13 heavy (non-hydrogen) atoms. The van der Waals surface area contributed by atoms with Gasteiger partial charge in [0, 0.05) is 7.11 Å². The highest BCUT2D eigenvalue weighted by atomic mass is 16.5. The van der Waals surface area contributed by atoms with Crippen molar-refractivity contribution in [2.75, 3.05) is 7.11 Å². The predicted octanol–water partition coefficient (Wildman–Crippen LogP) is 2.42. The lowest BCUT2D eigenvalue weighted by atomic mass is 9.66. The predicted molar refractivity (Wildman–Crippen MR) is 52.6 cm³/mol. The molecule has 0 aromatic heterocycles. The average Bonchev–Trinajstić information content (AvgIpc) is 2.00. The second-order valence-corrected chi connectivity index (χ2v) is 5.24. The highest BCUT2D eigenvalue weighted by Crippen LogP contribution is 2.44. The Morgan fingerprint density at radius 3 is 2.38 bits per heavy atom. The first kappa shape index (κ1) is 10.7. The van der Waals surface area contributed by atoms with E-state index in [1.807, 2.05) is 0 Å². The molecule has 76 valence electrons. The summed E-state index contributed by atoms with van der Waals surface area (Å²) in [6, 6.07) is 0. The van der Waals surface area contributed by atoms with Gasteiger partial charge in [-0.05, 0) is 30.6 Å². The van der Waals surface area contributed by atoms with Gasteiger partial charge in [-0.3, -0.25) is 0 Å². The fraction of sp³-hybridized carbons (Fsp3) is 0.909. The SMILES string of the molecule is COC1(C=O)CC(C)CC(C)(C)C1. The van der Waals surface area contributed by atoms with Gasteiger partial charge in [0.2, 0.25) is 0 Å². The summed E-state index contributed by atoms with van der Waals surface area (Å²) in [6.45, 7) is 6.61. The number of aldehydes is 1. The molecule has 0 heterocycles. The molecule has 0 aromatic carbocycles. The van der Waals surface area contributed by atoms with Crippen molar-refractivity contribution in [2.45, 2.75) is 45.6 Å². The zero-order valence-corrected chi connectivity index (χ0v) is 9.09. The molecule has 2 atom stereocenters. The molecule has 0 amide bonds. The Bertz CT molecular complexity index is 198. The van der Waals surface area contributed by atoms with Crippen LogP contribution in [-0.2, 0) is 9.53 Å². The quantitative estimate of drug-likeness (QED) is 0.616. The molecule has 2 unspecified atom stereocenters. The molecule has 0 bridgehead atoms. The smallest absolute Gasteiger partial charge is 0.151 e. The second-order valence-electron chi connectivity index (χ2n) is 5.24. The molecule has 1 aliphatic carbocycles. The fourth-order valence-corrected chi connectivity index (χ4v) is 2.85. The van der Waals surface area contributed by atoms with E-state index < -0.39 is 5.60 Å². The minimum atomic E-state index is -0.513. The van der Waals surface area contributed by atoms with Gasteiger partial charge < -0.3 is 9.53 Å². The van der Waals surface area contributed by atoms with Gasteiger partial charge in [-0.2, -0.15) is 0 Å². The molecule has 1 aliphatic rings. The van der Waals surface area contributed by atoms with Crippen LogP contribution in [0, 0.1) is 11.3 Å². The monoisotopic (exact) mass is 184 g/mol. The number of carbonyl (C=O) groups is 1. The van der Waals surface area contributed by atoms with Crippen LogP contribution in [0.1, 0.15) is 40.0 Å². The fourth-order valence-electron chi connectivity index (χ4n) is 2.85. The van der Waals surface area contributed by atoms with E-state index in [-0.39, 0.29) is 5.41 Å². The Hall–Kier alpha value is -0.370. The highest BCUT2D eigenvalue weighted by molar-refractivity contribution is 5.63. The van der Waals surface area contributed by atoms with Gasteiger partial charge >= 0.3 is 0 Å². The van der Waals surface area contributed by atoms with E-state index >= 15 is 0 Å². The number of hydrogen-bond acceptors (Lipinski definition) is 2. The molecular weight excluding hydrogens is 164 g/mol. The third-order valence-electron chi connectivity index (χ3n) is 2.99. The summed E-state index contributed by atoms with van der Waals surface area (Å²) in [5.74, 6) is 0.578. The number of ether oxygens (including phenoxy) is 1. The zero-order chi connectivity index (χ0) is 10.1. The minimum Gasteiger partial charge on any atom is -0.371 e. The van der Waals surface area contributed by atoms with Gasteiger partial charge in [-0.15, -0.1) is 0 Å². The van der Waals surface area contributed by atoms with Gasteiger partial charge in [0.15, 0.2) is 6.29 Å². The zero-order valence-electron chi connectivity index (χ0n) is 9.09. The van der Waals surface area contributed by atoms with Crippen LogP contribution < -0.4 is 0 Å². The van der Waals surface area contributed by atoms with Crippen LogP contribution >= 0.6 is 0 Å². The first-order chi connectivity index (χ1) is 5.93. The van der Waals surface area contributed by atoms with Crippen LogP contribution in [0.4, 0.5) is 0 Å². The first-order valence-corrected chi connectivity index (χ1v) is 4.94. The molecule has 0 saturated heterocycles. The summed E-state index contributed by atoms with van der Waals surface area (Å²) in [7, 11) is 1.64. The molecular formula is C11H20O2. The summed E-state index contributed by atoms with van der Waals surface area (Å²) in [5, 5.41) is 0. The van der Waals surface area contributed by atoms with Gasteiger partial charge in [0.05, 0.1) is 0 Å². The van der Waals surface area contributed by atoms with Crippen molar-refractivity contribution in [3.05, 3.63) is 0 Å². The Labute approximate surface area is 80.7 Å². The number of carbonyl (C=O) groups excluding carboxylic acids is 1. The highest BCUT2D eigenvalue weighted by Gasteiger charge is 2.42. The normalized spacial score (nSPS) is 38.6. The summed E-state index contributed by atoms with van der Waals surface area (Å²) in [4.78, 5) is 11.0. The Kier molecular flexibility index (Phi) is 2.81. The van der Waals surface area contributed by atoms with Crippen molar-refractivity contribution in [3.63, 3.8) is 0 Å². The van der Waals surface area contributed by atoms with E-state index in [2.05, 4.69) is 20.8 Å². The number of rotatable bonds is 2. The van der Waals surface area contributed by atoms with Crippen LogP contribution in [0.5, 0.6) is 0 Å². The lowest BCUT2D eigenvalue weighted by molar-refractivity contribution is -0.140. The molecule has 2 nitrogen and oxygen atoms in total. The van der Waals surface area contributed by atoms with Crippen molar-refractivity contribution < 1.29 is 9.53 Å². The maximum atomic E-state index is 11.0. The summed E-state index contributed by atoms with van der Waals surface area (Å²) >= 11 is 0. The minimum absolute atomic E-state index is 0.231. The molecule has 0 radical (unpaired) electrons. The lowest BCUT2D eigenvalue weighted by Gasteiger charge is -2.43. The maximum absolute atomic E-state index is 11.0. The number of hydrogen-bond donors (Lipinski definition) is 0. The summed E-state index contributed by atoms with van der Waals surface area (Å²) < 4.78 is 5.37. The van der Waals surface area contributed by atoms with Crippen molar-refractivity contribution in [1.82, 2.24) is 0 Å². The van der Waals surface area contributed by atoms with Crippen LogP contribution in [-0.4, -0.2) is 19.0 Å². The standard InChI is InChI=1S/C11H20O2/c1-9-5-10(2,3)7-11(6-9,8-12)13-4/h8-9H,5-7H2,1-4H3. The topological polar surface area (TPSA) is 26.3 Å². The Morgan fingerprint density at radius 2 is 2.00 bits per heavy atom. The van der Waals surface area contributed by atoms with E-state index in [1.54, 1.807) is 7.11 Å². The van der Waals surface area contributed by atoms with Gasteiger partial charge in [0.25, 0.3) is 0 Å². The molecule has 1 saturated carbocycles. The third kappa shape index (κ3) is 2.31.